The molecule has 0 bridgehead atoms. The topological polar surface area (TPSA) is 21.7 Å². The largest absolute Gasteiger partial charge is 0.493 e. The van der Waals surface area contributed by atoms with E-state index in [0.717, 1.165) is 23.6 Å². The highest BCUT2D eigenvalue weighted by atomic mass is 16.5. The molecule has 0 radical (unpaired) electrons. The highest BCUT2D eigenvalue weighted by molar-refractivity contribution is 5.55. The first kappa shape index (κ1) is 13.6. The van der Waals surface area contributed by atoms with Crippen LogP contribution < -0.4 is 9.47 Å². The van der Waals surface area contributed by atoms with Crippen molar-refractivity contribution in [2.45, 2.75) is 6.92 Å². The van der Waals surface area contributed by atoms with Crippen LogP contribution in [0.25, 0.3) is 6.08 Å². The number of ether oxygens (including phenoxy) is 2. The van der Waals surface area contributed by atoms with Crippen molar-refractivity contribution >= 4 is 6.08 Å². The summed E-state index contributed by atoms with van der Waals surface area (Å²) in [7, 11) is 5.71. The lowest BCUT2D eigenvalue weighted by Gasteiger charge is -2.13. The summed E-state index contributed by atoms with van der Waals surface area (Å²) in [6.07, 6.45) is 4.04. The highest BCUT2D eigenvalue weighted by Crippen LogP contribution is 2.28. The second kappa shape index (κ2) is 6.97. The van der Waals surface area contributed by atoms with Crippen molar-refractivity contribution in [2.75, 3.05) is 34.4 Å². The lowest BCUT2D eigenvalue weighted by Crippen LogP contribution is -2.19. The minimum Gasteiger partial charge on any atom is -0.493 e. The second-order valence-electron chi connectivity index (χ2n) is 4.06. The average molecular weight is 235 g/mol. The van der Waals surface area contributed by atoms with Crippen LogP contribution in [0.1, 0.15) is 12.5 Å². The summed E-state index contributed by atoms with van der Waals surface area (Å²) in [6, 6.07) is 5.95. The molecule has 17 heavy (non-hydrogen) atoms. The zero-order chi connectivity index (χ0) is 12.7. The molecule has 0 saturated heterocycles. The van der Waals surface area contributed by atoms with Crippen molar-refractivity contribution in [1.29, 1.82) is 0 Å². The van der Waals surface area contributed by atoms with Gasteiger partial charge in [0, 0.05) is 6.54 Å². The maximum absolute atomic E-state index is 5.68. The van der Waals surface area contributed by atoms with Crippen LogP contribution in [0.4, 0.5) is 0 Å². The molecule has 0 aliphatic carbocycles. The van der Waals surface area contributed by atoms with Gasteiger partial charge >= 0.3 is 0 Å². The Morgan fingerprint density at radius 2 is 2.00 bits per heavy atom. The fourth-order valence-electron chi connectivity index (χ4n) is 1.44. The fourth-order valence-corrected chi connectivity index (χ4v) is 1.44. The maximum Gasteiger partial charge on any atom is 0.161 e. The van der Waals surface area contributed by atoms with E-state index in [4.69, 9.17) is 9.47 Å². The van der Waals surface area contributed by atoms with Gasteiger partial charge in [0.15, 0.2) is 11.5 Å². The van der Waals surface area contributed by atoms with Gasteiger partial charge in [-0.2, -0.15) is 0 Å². The van der Waals surface area contributed by atoms with Gasteiger partial charge in [-0.1, -0.05) is 18.2 Å². The van der Waals surface area contributed by atoms with Crippen molar-refractivity contribution in [1.82, 2.24) is 4.90 Å². The molecule has 0 saturated carbocycles. The maximum atomic E-state index is 5.68. The molecular weight excluding hydrogens is 214 g/mol. The van der Waals surface area contributed by atoms with Crippen LogP contribution in [0.2, 0.25) is 0 Å². The quantitative estimate of drug-likeness (QED) is 0.756. The summed E-state index contributed by atoms with van der Waals surface area (Å²) in [5.74, 6) is 1.57. The van der Waals surface area contributed by atoms with Crippen LogP contribution in [0.3, 0.4) is 0 Å². The van der Waals surface area contributed by atoms with E-state index >= 15 is 0 Å². The second-order valence-corrected chi connectivity index (χ2v) is 4.06. The van der Waals surface area contributed by atoms with Crippen LogP contribution in [0.5, 0.6) is 11.5 Å². The molecule has 0 amide bonds. The first-order chi connectivity index (χ1) is 8.17. The van der Waals surface area contributed by atoms with Crippen LogP contribution >= 0.6 is 0 Å². The number of benzene rings is 1. The molecule has 1 aromatic carbocycles. The van der Waals surface area contributed by atoms with Gasteiger partial charge in [-0.05, 0) is 38.7 Å². The van der Waals surface area contributed by atoms with Crippen molar-refractivity contribution in [3.63, 3.8) is 0 Å². The van der Waals surface area contributed by atoms with Crippen molar-refractivity contribution in [3.8, 4) is 11.5 Å². The van der Waals surface area contributed by atoms with E-state index < -0.39 is 0 Å². The van der Waals surface area contributed by atoms with E-state index in [-0.39, 0.29) is 0 Å². The molecule has 0 aliphatic rings. The third-order valence-corrected chi connectivity index (χ3v) is 2.34. The van der Waals surface area contributed by atoms with Gasteiger partial charge in [-0.15, -0.1) is 0 Å². The van der Waals surface area contributed by atoms with Gasteiger partial charge in [-0.25, -0.2) is 0 Å². The van der Waals surface area contributed by atoms with Crippen LogP contribution in [-0.2, 0) is 0 Å². The molecule has 3 heteroatoms. The van der Waals surface area contributed by atoms with Crippen molar-refractivity contribution < 1.29 is 9.47 Å². The Balaban J connectivity index is 2.71. The predicted octanol–water partition coefficient (Wildman–Crippen LogP) is 2.67. The molecule has 1 rings (SSSR count). The van der Waals surface area contributed by atoms with Crippen LogP contribution in [0, 0.1) is 0 Å². The molecule has 0 spiro atoms. The molecule has 3 nitrogen and oxygen atoms in total. The zero-order valence-corrected chi connectivity index (χ0v) is 11.1. The third kappa shape index (κ3) is 4.49. The number of hydrogen-bond acceptors (Lipinski definition) is 3. The summed E-state index contributed by atoms with van der Waals surface area (Å²) >= 11 is 0. The average Bonchev–Trinajstić information content (AvgIpc) is 2.30. The van der Waals surface area contributed by atoms with Gasteiger partial charge in [0.25, 0.3) is 0 Å². The third-order valence-electron chi connectivity index (χ3n) is 2.34. The van der Waals surface area contributed by atoms with Crippen LogP contribution in [0.15, 0.2) is 24.3 Å². The van der Waals surface area contributed by atoms with E-state index in [2.05, 4.69) is 4.90 Å². The smallest absolute Gasteiger partial charge is 0.161 e. The van der Waals surface area contributed by atoms with Gasteiger partial charge in [0.1, 0.15) is 6.61 Å². The van der Waals surface area contributed by atoms with Crippen molar-refractivity contribution in [3.05, 3.63) is 29.8 Å². The molecule has 0 heterocycles. The van der Waals surface area contributed by atoms with Gasteiger partial charge in [-0.3, -0.25) is 0 Å². The Morgan fingerprint density at radius 3 is 2.59 bits per heavy atom. The minimum absolute atomic E-state index is 0.659. The normalized spacial score (nSPS) is 11.1. The Bertz CT molecular complexity index is 372. The van der Waals surface area contributed by atoms with Gasteiger partial charge in [0.2, 0.25) is 0 Å². The Kier molecular flexibility index (Phi) is 5.57. The van der Waals surface area contributed by atoms with E-state index in [9.17, 15) is 0 Å². The lowest BCUT2D eigenvalue weighted by molar-refractivity contribution is 0.250. The standard InChI is InChI=1S/C14H21NO2/c1-5-6-12-7-8-13(14(11-12)16-4)17-10-9-15(2)3/h5-8,11H,9-10H2,1-4H3/b6-5-. The van der Waals surface area contributed by atoms with E-state index in [1.54, 1.807) is 7.11 Å². The van der Waals surface area contributed by atoms with Gasteiger partial charge < -0.3 is 14.4 Å². The number of likely N-dealkylation sites (N-methyl/N-ethyl adjacent to an activating group) is 1. The number of allylic oxidation sites excluding steroid dienone is 1. The molecule has 0 fully saturated rings. The fraction of sp³-hybridized carbons (Fsp3) is 0.429. The number of nitrogens with zero attached hydrogens (tertiary/aromatic N) is 1. The minimum atomic E-state index is 0.659. The lowest BCUT2D eigenvalue weighted by atomic mass is 10.2. The molecule has 94 valence electrons. The number of hydrogen-bond donors (Lipinski definition) is 0. The Morgan fingerprint density at radius 1 is 1.24 bits per heavy atom. The van der Waals surface area contributed by atoms with Crippen LogP contribution in [-0.4, -0.2) is 39.3 Å². The molecular formula is C14H21NO2. The van der Waals surface area contributed by atoms with E-state index in [1.165, 1.54) is 0 Å². The first-order valence-corrected chi connectivity index (χ1v) is 5.75. The summed E-state index contributed by atoms with van der Waals surface area (Å²) in [4.78, 5) is 2.08. The number of rotatable bonds is 6. The molecule has 0 aromatic heterocycles. The molecule has 1 aromatic rings. The van der Waals surface area contributed by atoms with Gasteiger partial charge in [0.05, 0.1) is 7.11 Å². The van der Waals surface area contributed by atoms with E-state index in [0.29, 0.717) is 6.61 Å². The zero-order valence-electron chi connectivity index (χ0n) is 11.1. The predicted molar refractivity (Wildman–Crippen MR) is 71.8 cm³/mol. The monoisotopic (exact) mass is 235 g/mol. The Labute approximate surface area is 104 Å². The number of methoxy groups -OCH3 is 1. The summed E-state index contributed by atoms with van der Waals surface area (Å²) in [6.45, 7) is 3.54. The molecule has 0 atom stereocenters. The molecule has 0 N–H and O–H groups in total. The SMILES string of the molecule is C/C=C\c1ccc(OCCN(C)C)c(OC)c1. The summed E-state index contributed by atoms with van der Waals surface area (Å²) in [5, 5.41) is 0. The highest BCUT2D eigenvalue weighted by Gasteiger charge is 2.04. The van der Waals surface area contributed by atoms with Crippen molar-refractivity contribution in [2.24, 2.45) is 0 Å². The Hall–Kier alpha value is -1.48. The molecule has 0 unspecified atom stereocenters. The summed E-state index contributed by atoms with van der Waals surface area (Å²) < 4.78 is 11.0. The first-order valence-electron chi connectivity index (χ1n) is 5.75. The summed E-state index contributed by atoms with van der Waals surface area (Å²) in [5.41, 5.74) is 1.12. The molecule has 0 aliphatic heterocycles. The van der Waals surface area contributed by atoms with E-state index in [1.807, 2.05) is 51.4 Å².